The number of nitrogens with two attached hydrogens (primary N) is 2. The molecule has 0 aliphatic carbocycles. The summed E-state index contributed by atoms with van der Waals surface area (Å²) in [5.74, 6) is 0.324. The number of rotatable bonds is 3. The lowest BCUT2D eigenvalue weighted by Gasteiger charge is -2.01. The van der Waals surface area contributed by atoms with E-state index in [9.17, 15) is 0 Å². The highest BCUT2D eigenvalue weighted by atomic mass is 32.2. The van der Waals surface area contributed by atoms with Gasteiger partial charge in [0.25, 0.3) is 0 Å². The summed E-state index contributed by atoms with van der Waals surface area (Å²) in [7, 11) is 0. The minimum Gasteiger partial charge on any atom is -0.368 e. The van der Waals surface area contributed by atoms with E-state index in [2.05, 4.69) is 9.97 Å². The third-order valence-corrected chi connectivity index (χ3v) is 2.01. The van der Waals surface area contributed by atoms with Gasteiger partial charge >= 0.3 is 0 Å². The number of nitrogens with zero attached hydrogens (tertiary/aromatic N) is 2. The van der Waals surface area contributed by atoms with E-state index in [1.54, 1.807) is 11.8 Å². The molecule has 0 saturated carbocycles. The van der Waals surface area contributed by atoms with Crippen molar-refractivity contribution in [3.63, 3.8) is 0 Å². The topological polar surface area (TPSA) is 77.8 Å². The summed E-state index contributed by atoms with van der Waals surface area (Å²) in [6.07, 6.45) is 2.70. The molecule has 0 aromatic carbocycles. The first kappa shape index (κ1) is 9.28. The van der Waals surface area contributed by atoms with Crippen LogP contribution in [0.4, 0.5) is 5.95 Å². The molecule has 0 aliphatic rings. The molecule has 4 N–H and O–H groups in total. The van der Waals surface area contributed by atoms with E-state index in [-0.39, 0.29) is 0 Å². The SMILES string of the molecule is CSc1cc(CCN)nc(N)n1. The Labute approximate surface area is 75.8 Å². The fraction of sp³-hybridized carbons (Fsp3) is 0.429. The van der Waals surface area contributed by atoms with Crippen molar-refractivity contribution in [3.8, 4) is 0 Å². The molecule has 0 bridgehead atoms. The monoisotopic (exact) mass is 184 g/mol. The molecule has 0 atom stereocenters. The molecule has 0 aliphatic heterocycles. The highest BCUT2D eigenvalue weighted by Crippen LogP contribution is 2.13. The maximum atomic E-state index is 5.49. The lowest BCUT2D eigenvalue weighted by Crippen LogP contribution is -2.07. The zero-order valence-electron chi connectivity index (χ0n) is 6.95. The summed E-state index contributed by atoms with van der Waals surface area (Å²) in [5, 5.41) is 0.894. The number of hydrogen-bond donors (Lipinski definition) is 2. The van der Waals surface area contributed by atoms with Crippen LogP contribution in [0, 0.1) is 0 Å². The molecular formula is C7H12N4S. The van der Waals surface area contributed by atoms with E-state index in [1.807, 2.05) is 12.3 Å². The van der Waals surface area contributed by atoms with Gasteiger partial charge in [-0.1, -0.05) is 0 Å². The quantitative estimate of drug-likeness (QED) is 0.521. The fourth-order valence-corrected chi connectivity index (χ4v) is 1.31. The number of thioether (sulfide) groups is 1. The average molecular weight is 184 g/mol. The van der Waals surface area contributed by atoms with Crippen LogP contribution in [0.3, 0.4) is 0 Å². The highest BCUT2D eigenvalue weighted by molar-refractivity contribution is 7.98. The van der Waals surface area contributed by atoms with E-state index < -0.39 is 0 Å². The Balaban J connectivity index is 2.90. The average Bonchev–Trinajstić information content (AvgIpc) is 2.04. The van der Waals surface area contributed by atoms with Crippen LogP contribution < -0.4 is 11.5 Å². The summed E-state index contributed by atoms with van der Waals surface area (Å²) < 4.78 is 0. The lowest BCUT2D eigenvalue weighted by molar-refractivity contribution is 0.894. The summed E-state index contributed by atoms with van der Waals surface area (Å²) >= 11 is 1.55. The van der Waals surface area contributed by atoms with Crippen molar-refractivity contribution in [2.75, 3.05) is 18.5 Å². The summed E-state index contributed by atoms with van der Waals surface area (Å²) in [5.41, 5.74) is 11.8. The third-order valence-electron chi connectivity index (χ3n) is 1.38. The first-order chi connectivity index (χ1) is 5.76. The van der Waals surface area contributed by atoms with Gasteiger partial charge in [0.1, 0.15) is 5.03 Å². The van der Waals surface area contributed by atoms with Crippen LogP contribution in [0.1, 0.15) is 5.69 Å². The first-order valence-electron chi connectivity index (χ1n) is 3.63. The Morgan fingerprint density at radius 3 is 2.83 bits per heavy atom. The normalized spacial score (nSPS) is 10.2. The van der Waals surface area contributed by atoms with Crippen molar-refractivity contribution < 1.29 is 0 Å². The maximum absolute atomic E-state index is 5.49. The Bertz CT molecular complexity index is 264. The Morgan fingerprint density at radius 2 is 2.25 bits per heavy atom. The molecule has 0 unspecified atom stereocenters. The maximum Gasteiger partial charge on any atom is 0.221 e. The standard InChI is InChI=1S/C7H12N4S/c1-12-6-4-5(2-3-8)10-7(9)11-6/h4H,2-3,8H2,1H3,(H2,9,10,11). The Hall–Kier alpha value is -0.810. The van der Waals surface area contributed by atoms with Gasteiger partial charge in [0.05, 0.1) is 0 Å². The van der Waals surface area contributed by atoms with E-state index in [1.165, 1.54) is 0 Å². The second-order valence-corrected chi connectivity index (χ2v) is 3.13. The van der Waals surface area contributed by atoms with Gasteiger partial charge in [0.2, 0.25) is 5.95 Å². The number of hydrogen-bond acceptors (Lipinski definition) is 5. The van der Waals surface area contributed by atoms with E-state index in [0.29, 0.717) is 12.5 Å². The molecule has 0 fully saturated rings. The van der Waals surface area contributed by atoms with Crippen LogP contribution in [-0.4, -0.2) is 22.8 Å². The van der Waals surface area contributed by atoms with Gasteiger partial charge in [-0.25, -0.2) is 9.97 Å². The highest BCUT2D eigenvalue weighted by Gasteiger charge is 1.99. The summed E-state index contributed by atoms with van der Waals surface area (Å²) in [4.78, 5) is 8.07. The van der Waals surface area contributed by atoms with Crippen molar-refractivity contribution in [2.24, 2.45) is 5.73 Å². The predicted octanol–water partition coefficient (Wildman–Crippen LogP) is 0.282. The smallest absolute Gasteiger partial charge is 0.221 e. The number of anilines is 1. The lowest BCUT2D eigenvalue weighted by atomic mass is 10.3. The molecule has 5 heteroatoms. The van der Waals surface area contributed by atoms with Gasteiger partial charge in [-0.05, 0) is 18.9 Å². The van der Waals surface area contributed by atoms with Crippen LogP contribution >= 0.6 is 11.8 Å². The molecule has 0 saturated heterocycles. The molecule has 0 amide bonds. The molecule has 1 rings (SSSR count). The van der Waals surface area contributed by atoms with Gasteiger partial charge in [-0.2, -0.15) is 0 Å². The zero-order valence-corrected chi connectivity index (χ0v) is 7.77. The molecule has 1 heterocycles. The second kappa shape index (κ2) is 4.27. The van der Waals surface area contributed by atoms with Gasteiger partial charge < -0.3 is 11.5 Å². The predicted molar refractivity (Wildman–Crippen MR) is 51.0 cm³/mol. The van der Waals surface area contributed by atoms with Gasteiger partial charge in [-0.3, -0.25) is 0 Å². The van der Waals surface area contributed by atoms with Crippen molar-refractivity contribution in [2.45, 2.75) is 11.4 Å². The Morgan fingerprint density at radius 1 is 1.50 bits per heavy atom. The van der Waals surface area contributed by atoms with Crippen molar-refractivity contribution >= 4 is 17.7 Å². The second-order valence-electron chi connectivity index (χ2n) is 2.30. The van der Waals surface area contributed by atoms with Crippen LogP contribution in [0.2, 0.25) is 0 Å². The minimum absolute atomic E-state index is 0.324. The molecule has 4 nitrogen and oxygen atoms in total. The Kier molecular flexibility index (Phi) is 3.31. The van der Waals surface area contributed by atoms with Crippen LogP contribution in [0.25, 0.3) is 0 Å². The summed E-state index contributed by atoms with van der Waals surface area (Å²) in [6, 6.07) is 1.91. The molecule has 1 aromatic rings. The minimum atomic E-state index is 0.324. The van der Waals surface area contributed by atoms with Crippen molar-refractivity contribution in [3.05, 3.63) is 11.8 Å². The molecule has 1 aromatic heterocycles. The van der Waals surface area contributed by atoms with Gasteiger partial charge in [0, 0.05) is 12.1 Å². The van der Waals surface area contributed by atoms with Gasteiger partial charge in [-0.15, -0.1) is 11.8 Å². The van der Waals surface area contributed by atoms with E-state index in [0.717, 1.165) is 17.1 Å². The van der Waals surface area contributed by atoms with Crippen LogP contribution in [0.15, 0.2) is 11.1 Å². The zero-order chi connectivity index (χ0) is 8.97. The van der Waals surface area contributed by atoms with Crippen molar-refractivity contribution in [1.29, 1.82) is 0 Å². The van der Waals surface area contributed by atoms with Crippen LogP contribution in [-0.2, 0) is 6.42 Å². The third kappa shape index (κ3) is 2.35. The van der Waals surface area contributed by atoms with Crippen LogP contribution in [0.5, 0.6) is 0 Å². The van der Waals surface area contributed by atoms with Gasteiger partial charge in [0.15, 0.2) is 0 Å². The molecule has 0 radical (unpaired) electrons. The largest absolute Gasteiger partial charge is 0.368 e. The number of aromatic nitrogens is 2. The van der Waals surface area contributed by atoms with E-state index >= 15 is 0 Å². The molecular weight excluding hydrogens is 172 g/mol. The molecule has 66 valence electrons. The van der Waals surface area contributed by atoms with E-state index in [4.69, 9.17) is 11.5 Å². The molecule has 0 spiro atoms. The van der Waals surface area contributed by atoms with Crippen molar-refractivity contribution in [1.82, 2.24) is 9.97 Å². The molecule has 12 heavy (non-hydrogen) atoms. The number of nitrogen functional groups attached to an aromatic ring is 1. The fourth-order valence-electron chi connectivity index (χ4n) is 0.873. The summed E-state index contributed by atoms with van der Waals surface area (Å²) in [6.45, 7) is 0.588. The first-order valence-corrected chi connectivity index (χ1v) is 4.86.